The Kier molecular flexibility index (Phi) is 4.73. The molecule has 0 unspecified atom stereocenters. The van der Waals surface area contributed by atoms with Gasteiger partial charge in [-0.05, 0) is 45.7 Å². The van der Waals surface area contributed by atoms with Gasteiger partial charge in [0, 0.05) is 18.8 Å². The van der Waals surface area contributed by atoms with Gasteiger partial charge in [0.15, 0.2) is 5.82 Å². The van der Waals surface area contributed by atoms with Crippen molar-refractivity contribution in [3.63, 3.8) is 0 Å². The first-order chi connectivity index (χ1) is 10.0. The largest absolute Gasteiger partial charge is 0.340 e. The number of hydrogen-bond acceptors (Lipinski definition) is 5. The van der Waals surface area contributed by atoms with Crippen LogP contribution in [0.3, 0.4) is 0 Å². The molecule has 0 fully saturated rings. The van der Waals surface area contributed by atoms with Gasteiger partial charge in [0.1, 0.15) is 0 Å². The molecular weight excluding hydrogens is 262 g/mol. The van der Waals surface area contributed by atoms with Gasteiger partial charge in [0.05, 0.1) is 6.20 Å². The smallest absolute Gasteiger partial charge is 0.247 e. The summed E-state index contributed by atoms with van der Waals surface area (Å²) in [5.41, 5.74) is 4.76. The summed E-state index contributed by atoms with van der Waals surface area (Å²) in [7, 11) is 0. The van der Waals surface area contributed by atoms with Gasteiger partial charge in [0.2, 0.25) is 5.95 Å². The second kappa shape index (κ2) is 6.52. The first-order valence-corrected chi connectivity index (χ1v) is 7.34. The van der Waals surface area contributed by atoms with E-state index in [0.29, 0.717) is 5.95 Å². The molecule has 2 aromatic rings. The van der Waals surface area contributed by atoms with Gasteiger partial charge in [0.25, 0.3) is 0 Å². The number of hydrogen-bond donors (Lipinski definition) is 1. The molecule has 1 heterocycles. The molecule has 0 bridgehead atoms. The molecular formula is C16H23N5. The molecule has 0 radical (unpaired) electrons. The molecule has 0 saturated carbocycles. The van der Waals surface area contributed by atoms with Crippen LogP contribution in [0.2, 0.25) is 0 Å². The van der Waals surface area contributed by atoms with Gasteiger partial charge in [-0.3, -0.25) is 0 Å². The maximum atomic E-state index is 4.56. The molecule has 5 heteroatoms. The molecule has 1 N–H and O–H groups in total. The first kappa shape index (κ1) is 15.2. The number of anilines is 3. The van der Waals surface area contributed by atoms with Crippen LogP contribution in [0.15, 0.2) is 18.3 Å². The third-order valence-electron chi connectivity index (χ3n) is 3.52. The maximum Gasteiger partial charge on any atom is 0.247 e. The molecule has 112 valence electrons. The van der Waals surface area contributed by atoms with Crippen LogP contribution in [0.1, 0.15) is 30.5 Å². The van der Waals surface area contributed by atoms with Gasteiger partial charge >= 0.3 is 0 Å². The van der Waals surface area contributed by atoms with E-state index in [1.54, 1.807) is 6.20 Å². The lowest BCUT2D eigenvalue weighted by atomic mass is 10.1. The number of aromatic nitrogens is 3. The van der Waals surface area contributed by atoms with E-state index in [1.807, 2.05) is 0 Å². The molecule has 5 nitrogen and oxygen atoms in total. The summed E-state index contributed by atoms with van der Waals surface area (Å²) in [6.45, 7) is 12.2. The Morgan fingerprint density at radius 2 is 1.67 bits per heavy atom. The molecule has 0 saturated heterocycles. The summed E-state index contributed by atoms with van der Waals surface area (Å²) < 4.78 is 0. The minimum absolute atomic E-state index is 0.660. The molecule has 2 rings (SSSR count). The number of rotatable bonds is 5. The normalized spacial score (nSPS) is 10.5. The Labute approximate surface area is 126 Å². The van der Waals surface area contributed by atoms with E-state index in [-0.39, 0.29) is 0 Å². The van der Waals surface area contributed by atoms with Crippen LogP contribution in [0, 0.1) is 20.8 Å². The van der Waals surface area contributed by atoms with Gasteiger partial charge < -0.3 is 10.2 Å². The zero-order valence-electron chi connectivity index (χ0n) is 13.4. The van der Waals surface area contributed by atoms with Crippen molar-refractivity contribution in [1.82, 2.24) is 15.2 Å². The number of benzene rings is 1. The summed E-state index contributed by atoms with van der Waals surface area (Å²) in [4.78, 5) is 6.63. The standard InChI is InChI=1S/C16H23N5/c1-6-21(7-2)16-19-14(10-17-20-16)18-15-12(4)8-11(3)9-13(15)5/h8-10H,6-7H2,1-5H3,(H,18,19,20). The van der Waals surface area contributed by atoms with Crippen molar-refractivity contribution in [2.45, 2.75) is 34.6 Å². The van der Waals surface area contributed by atoms with E-state index in [1.165, 1.54) is 16.7 Å². The summed E-state index contributed by atoms with van der Waals surface area (Å²) >= 11 is 0. The van der Waals surface area contributed by atoms with Gasteiger partial charge in [-0.25, -0.2) is 0 Å². The van der Waals surface area contributed by atoms with Crippen molar-refractivity contribution in [2.24, 2.45) is 0 Å². The van der Waals surface area contributed by atoms with Crippen LogP contribution in [0.4, 0.5) is 17.5 Å². The lowest BCUT2D eigenvalue weighted by Crippen LogP contribution is -2.24. The Morgan fingerprint density at radius 3 is 2.24 bits per heavy atom. The number of nitrogens with zero attached hydrogens (tertiary/aromatic N) is 4. The Bertz CT molecular complexity index is 597. The van der Waals surface area contributed by atoms with E-state index in [0.717, 1.165) is 24.6 Å². The monoisotopic (exact) mass is 285 g/mol. The van der Waals surface area contributed by atoms with Crippen molar-refractivity contribution < 1.29 is 0 Å². The number of nitrogens with one attached hydrogen (secondary N) is 1. The predicted molar refractivity (Wildman–Crippen MR) is 87.3 cm³/mol. The molecule has 1 aromatic carbocycles. The quantitative estimate of drug-likeness (QED) is 0.912. The summed E-state index contributed by atoms with van der Waals surface area (Å²) in [6.07, 6.45) is 1.66. The van der Waals surface area contributed by atoms with Crippen LogP contribution in [0.5, 0.6) is 0 Å². The average Bonchev–Trinajstić information content (AvgIpc) is 2.45. The molecule has 0 atom stereocenters. The lowest BCUT2D eigenvalue weighted by Gasteiger charge is -2.19. The van der Waals surface area contributed by atoms with E-state index < -0.39 is 0 Å². The highest BCUT2D eigenvalue weighted by Crippen LogP contribution is 2.25. The highest BCUT2D eigenvalue weighted by atomic mass is 15.3. The van der Waals surface area contributed by atoms with Crippen LogP contribution >= 0.6 is 0 Å². The molecule has 0 aliphatic carbocycles. The van der Waals surface area contributed by atoms with E-state index in [2.05, 4.69) is 72.1 Å². The van der Waals surface area contributed by atoms with Crippen molar-refractivity contribution in [3.8, 4) is 0 Å². The van der Waals surface area contributed by atoms with Gasteiger partial charge in [-0.2, -0.15) is 10.1 Å². The van der Waals surface area contributed by atoms with Crippen LogP contribution in [0.25, 0.3) is 0 Å². The van der Waals surface area contributed by atoms with Crippen LogP contribution in [-0.2, 0) is 0 Å². The first-order valence-electron chi connectivity index (χ1n) is 7.34. The molecule has 0 spiro atoms. The second-order valence-electron chi connectivity index (χ2n) is 5.21. The maximum absolute atomic E-state index is 4.56. The van der Waals surface area contributed by atoms with Gasteiger partial charge in [-0.1, -0.05) is 17.7 Å². The summed E-state index contributed by atoms with van der Waals surface area (Å²) in [5.74, 6) is 1.38. The second-order valence-corrected chi connectivity index (χ2v) is 5.21. The summed E-state index contributed by atoms with van der Waals surface area (Å²) in [6, 6.07) is 4.32. The minimum atomic E-state index is 0.660. The Balaban J connectivity index is 2.30. The molecule has 0 aliphatic heterocycles. The van der Waals surface area contributed by atoms with Crippen molar-refractivity contribution in [2.75, 3.05) is 23.3 Å². The zero-order valence-corrected chi connectivity index (χ0v) is 13.4. The van der Waals surface area contributed by atoms with Crippen LogP contribution < -0.4 is 10.2 Å². The third-order valence-corrected chi connectivity index (χ3v) is 3.52. The highest BCUT2D eigenvalue weighted by Gasteiger charge is 2.09. The number of aryl methyl sites for hydroxylation is 3. The third kappa shape index (κ3) is 3.48. The SMILES string of the molecule is CCN(CC)c1nncc(Nc2c(C)cc(C)cc2C)n1. The Hall–Kier alpha value is -2.17. The average molecular weight is 285 g/mol. The highest BCUT2D eigenvalue weighted by molar-refractivity contribution is 5.65. The lowest BCUT2D eigenvalue weighted by molar-refractivity contribution is 0.796. The van der Waals surface area contributed by atoms with E-state index in [9.17, 15) is 0 Å². The summed E-state index contributed by atoms with van der Waals surface area (Å²) in [5, 5.41) is 11.5. The fourth-order valence-corrected chi connectivity index (χ4v) is 2.50. The minimum Gasteiger partial charge on any atom is -0.340 e. The molecule has 0 aliphatic rings. The molecule has 0 amide bonds. The van der Waals surface area contributed by atoms with Crippen molar-refractivity contribution >= 4 is 17.5 Å². The predicted octanol–water partition coefficient (Wildman–Crippen LogP) is 3.39. The van der Waals surface area contributed by atoms with Crippen LogP contribution in [-0.4, -0.2) is 28.3 Å². The van der Waals surface area contributed by atoms with E-state index in [4.69, 9.17) is 0 Å². The van der Waals surface area contributed by atoms with E-state index >= 15 is 0 Å². The zero-order chi connectivity index (χ0) is 15.4. The topological polar surface area (TPSA) is 53.9 Å². The molecule has 1 aromatic heterocycles. The van der Waals surface area contributed by atoms with Gasteiger partial charge in [-0.15, -0.1) is 5.10 Å². The van der Waals surface area contributed by atoms with Crippen molar-refractivity contribution in [1.29, 1.82) is 0 Å². The fourth-order valence-electron chi connectivity index (χ4n) is 2.50. The van der Waals surface area contributed by atoms with Crippen molar-refractivity contribution in [3.05, 3.63) is 35.0 Å². The Morgan fingerprint density at radius 1 is 1.05 bits per heavy atom. The fraction of sp³-hybridized carbons (Fsp3) is 0.438. The molecule has 21 heavy (non-hydrogen) atoms.